The summed E-state index contributed by atoms with van der Waals surface area (Å²) >= 11 is 0. The lowest BCUT2D eigenvalue weighted by Gasteiger charge is -2.10. The Kier molecular flexibility index (Phi) is 7.88. The molecule has 0 aliphatic heterocycles. The first-order valence-corrected chi connectivity index (χ1v) is 8.35. The number of rotatable bonds is 9. The van der Waals surface area contributed by atoms with Gasteiger partial charge in [-0.05, 0) is 43.2 Å². The van der Waals surface area contributed by atoms with Crippen molar-refractivity contribution in [2.75, 3.05) is 18.5 Å². The van der Waals surface area contributed by atoms with Crippen LogP contribution in [-0.2, 0) is 22.6 Å². The summed E-state index contributed by atoms with van der Waals surface area (Å²) in [6.45, 7) is 6.02. The lowest BCUT2D eigenvalue weighted by Crippen LogP contribution is -2.28. The number of ether oxygens (including phenoxy) is 2. The van der Waals surface area contributed by atoms with Crippen molar-refractivity contribution in [1.82, 2.24) is 10.3 Å². The first-order valence-electron chi connectivity index (χ1n) is 8.35. The van der Waals surface area contributed by atoms with Crippen molar-refractivity contribution >= 4 is 11.7 Å². The third-order valence-corrected chi connectivity index (χ3v) is 3.31. The molecule has 0 aliphatic rings. The number of urea groups is 1. The first kappa shape index (κ1) is 18.9. The summed E-state index contributed by atoms with van der Waals surface area (Å²) in [6.07, 6.45) is 3.63. The second-order valence-electron chi connectivity index (χ2n) is 5.84. The topological polar surface area (TPSA) is 72.5 Å². The van der Waals surface area contributed by atoms with E-state index in [1.165, 1.54) is 0 Å². The molecule has 1 aromatic heterocycles. The molecule has 0 aliphatic carbocycles. The molecule has 0 saturated carbocycles. The number of pyridine rings is 1. The second-order valence-corrected chi connectivity index (χ2v) is 5.84. The van der Waals surface area contributed by atoms with E-state index in [1.807, 2.05) is 50.2 Å². The summed E-state index contributed by atoms with van der Waals surface area (Å²) in [5.41, 5.74) is 2.67. The molecule has 2 aromatic rings. The van der Waals surface area contributed by atoms with Crippen LogP contribution in [0.1, 0.15) is 25.0 Å². The molecule has 6 heteroatoms. The average molecular weight is 343 g/mol. The molecule has 2 N–H and O–H groups in total. The quantitative estimate of drug-likeness (QED) is 0.685. The molecular formula is C19H25N3O3. The van der Waals surface area contributed by atoms with E-state index in [0.717, 1.165) is 16.8 Å². The van der Waals surface area contributed by atoms with Gasteiger partial charge in [-0.1, -0.05) is 18.2 Å². The number of nitrogens with one attached hydrogen (secondary N) is 2. The van der Waals surface area contributed by atoms with E-state index in [1.54, 1.807) is 12.4 Å². The first-order chi connectivity index (χ1) is 12.1. The van der Waals surface area contributed by atoms with Gasteiger partial charge in [0.1, 0.15) is 0 Å². The number of carbonyl (C=O) groups is 1. The Morgan fingerprint density at radius 1 is 1.16 bits per heavy atom. The summed E-state index contributed by atoms with van der Waals surface area (Å²) in [7, 11) is 0. The van der Waals surface area contributed by atoms with Crippen molar-refractivity contribution in [2.24, 2.45) is 0 Å². The average Bonchev–Trinajstić information content (AvgIpc) is 2.61. The fourth-order valence-electron chi connectivity index (χ4n) is 2.13. The maximum Gasteiger partial charge on any atom is 0.319 e. The van der Waals surface area contributed by atoms with Gasteiger partial charge in [0.2, 0.25) is 0 Å². The van der Waals surface area contributed by atoms with Gasteiger partial charge in [0.25, 0.3) is 0 Å². The summed E-state index contributed by atoms with van der Waals surface area (Å²) in [6, 6.07) is 11.1. The lowest BCUT2D eigenvalue weighted by molar-refractivity contribution is 0.0143. The Morgan fingerprint density at radius 2 is 2.00 bits per heavy atom. The van der Waals surface area contributed by atoms with E-state index in [-0.39, 0.29) is 12.1 Å². The van der Waals surface area contributed by atoms with Crippen LogP contribution in [0.4, 0.5) is 10.5 Å². The van der Waals surface area contributed by atoms with Crippen molar-refractivity contribution in [3.05, 3.63) is 59.9 Å². The summed E-state index contributed by atoms with van der Waals surface area (Å²) in [5.74, 6) is 0. The fraction of sp³-hybridized carbons (Fsp3) is 0.368. The van der Waals surface area contributed by atoms with Gasteiger partial charge in [0.05, 0.1) is 25.9 Å². The Labute approximate surface area is 148 Å². The molecule has 0 fully saturated rings. The van der Waals surface area contributed by atoms with E-state index in [2.05, 4.69) is 15.6 Å². The van der Waals surface area contributed by atoms with Crippen LogP contribution < -0.4 is 10.6 Å². The predicted octanol–water partition coefficient (Wildman–Crippen LogP) is 3.34. The van der Waals surface area contributed by atoms with E-state index in [4.69, 9.17) is 9.47 Å². The second kappa shape index (κ2) is 10.4. The Hall–Kier alpha value is -2.44. The monoisotopic (exact) mass is 343 g/mol. The van der Waals surface area contributed by atoms with E-state index >= 15 is 0 Å². The van der Waals surface area contributed by atoms with Crippen LogP contribution in [0.25, 0.3) is 0 Å². The Morgan fingerprint density at radius 3 is 2.76 bits per heavy atom. The number of aromatic nitrogens is 1. The van der Waals surface area contributed by atoms with Crippen LogP contribution in [0.15, 0.2) is 48.8 Å². The summed E-state index contributed by atoms with van der Waals surface area (Å²) in [4.78, 5) is 16.0. The highest BCUT2D eigenvalue weighted by atomic mass is 16.5. The zero-order valence-corrected chi connectivity index (χ0v) is 14.7. The molecule has 6 nitrogen and oxygen atoms in total. The van der Waals surface area contributed by atoms with Crippen molar-refractivity contribution in [3.63, 3.8) is 0 Å². The van der Waals surface area contributed by atoms with Gasteiger partial charge in [-0.25, -0.2) is 4.79 Å². The number of anilines is 1. The minimum Gasteiger partial charge on any atom is -0.376 e. The third kappa shape index (κ3) is 7.78. The van der Waals surface area contributed by atoms with Crippen molar-refractivity contribution in [1.29, 1.82) is 0 Å². The maximum absolute atomic E-state index is 12.0. The molecule has 0 saturated heterocycles. The minimum absolute atomic E-state index is 0.210. The van der Waals surface area contributed by atoms with Crippen LogP contribution in [0.2, 0.25) is 0 Å². The maximum atomic E-state index is 12.0. The van der Waals surface area contributed by atoms with Gasteiger partial charge in [0, 0.05) is 24.6 Å². The summed E-state index contributed by atoms with van der Waals surface area (Å²) in [5, 5.41) is 5.62. The SMILES string of the molecule is CC(C)OCCOCc1cccc(NC(=O)NCc2cccnc2)c1. The standard InChI is InChI=1S/C19H25N3O3/c1-15(2)25-10-9-24-14-16-5-3-7-18(11-16)22-19(23)21-13-17-6-4-8-20-12-17/h3-8,11-12,15H,9-10,13-14H2,1-2H3,(H2,21,22,23). The minimum atomic E-state index is -0.257. The van der Waals surface area contributed by atoms with Crippen LogP contribution in [0.3, 0.4) is 0 Å². The number of nitrogens with zero attached hydrogens (tertiary/aromatic N) is 1. The van der Waals surface area contributed by atoms with E-state index < -0.39 is 0 Å². The molecule has 0 unspecified atom stereocenters. The molecule has 2 amide bonds. The number of benzene rings is 1. The molecule has 0 bridgehead atoms. The zero-order chi connectivity index (χ0) is 17.9. The third-order valence-electron chi connectivity index (χ3n) is 3.31. The predicted molar refractivity (Wildman–Crippen MR) is 97.3 cm³/mol. The molecule has 134 valence electrons. The Balaban J connectivity index is 1.73. The van der Waals surface area contributed by atoms with Gasteiger partial charge in [-0.3, -0.25) is 4.98 Å². The van der Waals surface area contributed by atoms with Crippen molar-refractivity contribution in [3.8, 4) is 0 Å². The highest BCUT2D eigenvalue weighted by molar-refractivity contribution is 5.89. The number of amides is 2. The number of carbonyl (C=O) groups excluding carboxylic acids is 1. The number of hydrogen-bond donors (Lipinski definition) is 2. The molecule has 0 radical (unpaired) electrons. The van der Waals surface area contributed by atoms with Crippen LogP contribution in [0.5, 0.6) is 0 Å². The highest BCUT2D eigenvalue weighted by Gasteiger charge is 2.03. The molecule has 0 atom stereocenters. The van der Waals surface area contributed by atoms with Crippen LogP contribution in [0, 0.1) is 0 Å². The van der Waals surface area contributed by atoms with E-state index in [9.17, 15) is 4.79 Å². The van der Waals surface area contributed by atoms with Gasteiger partial charge < -0.3 is 20.1 Å². The van der Waals surface area contributed by atoms with Crippen LogP contribution in [-0.4, -0.2) is 30.3 Å². The fourth-order valence-corrected chi connectivity index (χ4v) is 2.13. The van der Waals surface area contributed by atoms with Crippen molar-refractivity contribution in [2.45, 2.75) is 33.1 Å². The lowest BCUT2D eigenvalue weighted by atomic mass is 10.2. The molecule has 1 heterocycles. The molecular weight excluding hydrogens is 318 g/mol. The highest BCUT2D eigenvalue weighted by Crippen LogP contribution is 2.11. The molecule has 2 rings (SSSR count). The Bertz CT molecular complexity index is 647. The zero-order valence-electron chi connectivity index (χ0n) is 14.7. The number of hydrogen-bond acceptors (Lipinski definition) is 4. The smallest absolute Gasteiger partial charge is 0.319 e. The van der Waals surface area contributed by atoms with Gasteiger partial charge in [-0.15, -0.1) is 0 Å². The van der Waals surface area contributed by atoms with Gasteiger partial charge in [0.15, 0.2) is 0 Å². The van der Waals surface area contributed by atoms with Gasteiger partial charge >= 0.3 is 6.03 Å². The molecule has 0 spiro atoms. The van der Waals surface area contributed by atoms with Crippen LogP contribution >= 0.6 is 0 Å². The van der Waals surface area contributed by atoms with Crippen molar-refractivity contribution < 1.29 is 14.3 Å². The van der Waals surface area contributed by atoms with Gasteiger partial charge in [-0.2, -0.15) is 0 Å². The largest absolute Gasteiger partial charge is 0.376 e. The molecule has 1 aromatic carbocycles. The van der Waals surface area contributed by atoms with E-state index in [0.29, 0.717) is 26.4 Å². The normalized spacial score (nSPS) is 10.7. The summed E-state index contributed by atoms with van der Waals surface area (Å²) < 4.78 is 11.0. The molecule has 25 heavy (non-hydrogen) atoms.